The van der Waals surface area contributed by atoms with Crippen LogP contribution in [-0.2, 0) is 11.3 Å². The van der Waals surface area contributed by atoms with Crippen molar-refractivity contribution in [3.8, 4) is 0 Å². The fourth-order valence-electron chi connectivity index (χ4n) is 2.73. The van der Waals surface area contributed by atoms with Crippen LogP contribution in [-0.4, -0.2) is 47.6 Å². The molecule has 3 rings (SSSR count). The van der Waals surface area contributed by atoms with Crippen molar-refractivity contribution < 1.29 is 4.79 Å². The topological polar surface area (TPSA) is 75.1 Å². The average Bonchev–Trinajstić information content (AvgIpc) is 3.01. The van der Waals surface area contributed by atoms with Crippen LogP contribution in [0, 0.1) is 6.92 Å². The van der Waals surface area contributed by atoms with E-state index in [2.05, 4.69) is 20.6 Å². The molecule has 0 fully saturated rings. The molecule has 0 saturated heterocycles. The molecule has 2 aromatic heterocycles. The maximum atomic E-state index is 12.2. The van der Waals surface area contributed by atoms with Crippen LogP contribution < -0.4 is 15.5 Å². The summed E-state index contributed by atoms with van der Waals surface area (Å²) in [5, 5.41) is 7.21. The zero-order valence-corrected chi connectivity index (χ0v) is 15.4. The smallest absolute Gasteiger partial charge is 0.240 e. The van der Waals surface area contributed by atoms with Crippen LogP contribution in [0.3, 0.4) is 0 Å². The molecule has 0 unspecified atom stereocenters. The first-order valence-electron chi connectivity index (χ1n) is 8.60. The molecule has 0 atom stereocenters. The third kappa shape index (κ3) is 4.30. The van der Waals surface area contributed by atoms with E-state index < -0.39 is 0 Å². The summed E-state index contributed by atoms with van der Waals surface area (Å²) in [7, 11) is 3.88. The summed E-state index contributed by atoms with van der Waals surface area (Å²) in [5.41, 5.74) is 1.96. The molecule has 0 radical (unpaired) electrons. The highest BCUT2D eigenvalue weighted by atomic mass is 16.1. The van der Waals surface area contributed by atoms with E-state index in [0.717, 1.165) is 22.4 Å². The number of nitrogens with one attached hydrogen (secondary N) is 2. The zero-order valence-electron chi connectivity index (χ0n) is 15.4. The van der Waals surface area contributed by atoms with Crippen LogP contribution in [0.25, 0.3) is 10.9 Å². The van der Waals surface area contributed by atoms with Gasteiger partial charge in [0.25, 0.3) is 0 Å². The summed E-state index contributed by atoms with van der Waals surface area (Å²) in [6.45, 7) is 3.31. The normalized spacial score (nSPS) is 10.7. The number of aromatic nitrogens is 3. The molecule has 0 spiro atoms. The second kappa shape index (κ2) is 7.86. The highest BCUT2D eigenvalue weighted by Gasteiger charge is 2.06. The molecule has 2 N–H and O–H groups in total. The first-order chi connectivity index (χ1) is 12.5. The van der Waals surface area contributed by atoms with Gasteiger partial charge in [0.15, 0.2) is 0 Å². The van der Waals surface area contributed by atoms with E-state index in [1.807, 2.05) is 73.1 Å². The lowest BCUT2D eigenvalue weighted by Crippen LogP contribution is -2.31. The molecule has 0 aliphatic rings. The van der Waals surface area contributed by atoms with Crippen LogP contribution in [0.15, 0.2) is 42.6 Å². The van der Waals surface area contributed by atoms with Crippen molar-refractivity contribution in [2.45, 2.75) is 13.5 Å². The van der Waals surface area contributed by atoms with Gasteiger partial charge in [0.2, 0.25) is 11.9 Å². The number of amides is 1. The number of nitrogens with zero attached hydrogens (tertiary/aromatic N) is 4. The van der Waals surface area contributed by atoms with E-state index in [-0.39, 0.29) is 5.91 Å². The number of carbonyl (C=O) groups is 1. The van der Waals surface area contributed by atoms with Crippen LogP contribution in [0.2, 0.25) is 0 Å². The van der Waals surface area contributed by atoms with Gasteiger partial charge in [0, 0.05) is 50.7 Å². The predicted molar refractivity (Wildman–Crippen MR) is 105 cm³/mol. The van der Waals surface area contributed by atoms with Gasteiger partial charge in [-0.25, -0.2) is 4.98 Å². The van der Waals surface area contributed by atoms with E-state index in [9.17, 15) is 4.79 Å². The molecule has 1 aromatic carbocycles. The maximum Gasteiger partial charge on any atom is 0.240 e. The van der Waals surface area contributed by atoms with Crippen molar-refractivity contribution in [3.63, 3.8) is 0 Å². The van der Waals surface area contributed by atoms with Gasteiger partial charge >= 0.3 is 0 Å². The lowest BCUT2D eigenvalue weighted by Gasteiger charge is -2.14. The Morgan fingerprint density at radius 1 is 1.15 bits per heavy atom. The van der Waals surface area contributed by atoms with Gasteiger partial charge in [-0.15, -0.1) is 0 Å². The van der Waals surface area contributed by atoms with Crippen molar-refractivity contribution in [3.05, 3.63) is 48.3 Å². The minimum absolute atomic E-state index is 0.0210. The van der Waals surface area contributed by atoms with Gasteiger partial charge < -0.3 is 20.1 Å². The molecular formula is C19H24N6O. The maximum absolute atomic E-state index is 12.2. The highest BCUT2D eigenvalue weighted by Crippen LogP contribution is 2.14. The van der Waals surface area contributed by atoms with E-state index >= 15 is 0 Å². The Hall–Kier alpha value is -3.09. The fraction of sp³-hybridized carbons (Fsp3) is 0.316. The van der Waals surface area contributed by atoms with Gasteiger partial charge in [-0.3, -0.25) is 4.79 Å². The van der Waals surface area contributed by atoms with Crippen molar-refractivity contribution in [2.75, 3.05) is 37.4 Å². The van der Waals surface area contributed by atoms with E-state index in [1.165, 1.54) is 0 Å². The number of rotatable bonds is 7. The number of para-hydroxylation sites is 1. The molecule has 136 valence electrons. The number of benzene rings is 1. The van der Waals surface area contributed by atoms with Gasteiger partial charge in [-0.2, -0.15) is 4.98 Å². The van der Waals surface area contributed by atoms with Gasteiger partial charge in [-0.05, 0) is 24.4 Å². The molecule has 26 heavy (non-hydrogen) atoms. The highest BCUT2D eigenvalue weighted by molar-refractivity contribution is 5.83. The SMILES string of the molecule is Cc1cc(N(C)C)nc(NCCNC(=O)Cn2ccc3ccccc32)n1. The van der Waals surface area contributed by atoms with E-state index in [4.69, 9.17) is 0 Å². The summed E-state index contributed by atoms with van der Waals surface area (Å²) in [5.74, 6) is 1.40. The third-order valence-corrected chi connectivity index (χ3v) is 4.02. The quantitative estimate of drug-likeness (QED) is 0.637. The van der Waals surface area contributed by atoms with Crippen LogP contribution >= 0.6 is 0 Å². The number of fused-ring (bicyclic) bond motifs is 1. The molecule has 3 aromatic rings. The first-order valence-corrected chi connectivity index (χ1v) is 8.60. The fourth-order valence-corrected chi connectivity index (χ4v) is 2.73. The number of hydrogen-bond acceptors (Lipinski definition) is 5. The predicted octanol–water partition coefficient (Wildman–Crippen LogP) is 2.03. The summed E-state index contributed by atoms with van der Waals surface area (Å²) in [6, 6.07) is 12.0. The Bertz CT molecular complexity index is 902. The van der Waals surface area contributed by atoms with Gasteiger partial charge in [0.1, 0.15) is 12.4 Å². The molecule has 7 heteroatoms. The summed E-state index contributed by atoms with van der Waals surface area (Å²) < 4.78 is 1.95. The molecule has 1 amide bonds. The minimum Gasteiger partial charge on any atom is -0.363 e. The zero-order chi connectivity index (χ0) is 18.5. The Labute approximate surface area is 153 Å². The summed E-state index contributed by atoms with van der Waals surface area (Å²) in [4.78, 5) is 22.9. The summed E-state index contributed by atoms with van der Waals surface area (Å²) >= 11 is 0. The molecule has 7 nitrogen and oxygen atoms in total. The third-order valence-electron chi connectivity index (χ3n) is 4.02. The monoisotopic (exact) mass is 352 g/mol. The van der Waals surface area contributed by atoms with Crippen molar-refractivity contribution in [2.24, 2.45) is 0 Å². The molecule has 0 aliphatic carbocycles. The van der Waals surface area contributed by atoms with E-state index in [0.29, 0.717) is 25.6 Å². The van der Waals surface area contributed by atoms with E-state index in [1.54, 1.807) is 0 Å². The second-order valence-corrected chi connectivity index (χ2v) is 6.36. The lowest BCUT2D eigenvalue weighted by molar-refractivity contribution is -0.121. The minimum atomic E-state index is -0.0210. The van der Waals surface area contributed by atoms with Crippen molar-refractivity contribution in [1.82, 2.24) is 19.9 Å². The average molecular weight is 352 g/mol. The Morgan fingerprint density at radius 3 is 2.77 bits per heavy atom. The number of hydrogen-bond donors (Lipinski definition) is 2. The van der Waals surface area contributed by atoms with Crippen LogP contribution in [0.1, 0.15) is 5.69 Å². The van der Waals surface area contributed by atoms with Crippen LogP contribution in [0.5, 0.6) is 0 Å². The van der Waals surface area contributed by atoms with Gasteiger partial charge in [0.05, 0.1) is 0 Å². The molecule has 0 bridgehead atoms. The Kier molecular flexibility index (Phi) is 5.36. The molecular weight excluding hydrogens is 328 g/mol. The van der Waals surface area contributed by atoms with Crippen molar-refractivity contribution in [1.29, 1.82) is 0 Å². The largest absolute Gasteiger partial charge is 0.363 e. The number of carbonyl (C=O) groups excluding carboxylic acids is 1. The molecule has 2 heterocycles. The Balaban J connectivity index is 1.48. The molecule has 0 saturated carbocycles. The van der Waals surface area contributed by atoms with Crippen molar-refractivity contribution >= 4 is 28.6 Å². The standard InChI is InChI=1S/C19H24N6O/c1-14-12-17(24(2)3)23-19(22-14)21-10-9-20-18(26)13-25-11-8-15-6-4-5-7-16(15)25/h4-8,11-12H,9-10,13H2,1-3H3,(H,20,26)(H,21,22,23). The van der Waals surface area contributed by atoms with Crippen LogP contribution in [0.4, 0.5) is 11.8 Å². The summed E-state index contributed by atoms with van der Waals surface area (Å²) in [6.07, 6.45) is 1.94. The number of aryl methyl sites for hydroxylation is 1. The number of anilines is 2. The van der Waals surface area contributed by atoms with Gasteiger partial charge in [-0.1, -0.05) is 18.2 Å². The second-order valence-electron chi connectivity index (χ2n) is 6.36. The molecule has 0 aliphatic heterocycles. The lowest BCUT2D eigenvalue weighted by atomic mass is 10.2. The first kappa shape index (κ1) is 17.7. The Morgan fingerprint density at radius 2 is 1.96 bits per heavy atom.